The molecule has 29 heavy (non-hydrogen) atoms. The molecule has 0 saturated carbocycles. The first-order valence-corrected chi connectivity index (χ1v) is 9.15. The molecule has 2 N–H and O–H groups in total. The van der Waals surface area contributed by atoms with E-state index in [9.17, 15) is 13.2 Å². The molecule has 8 heteroatoms. The molecule has 152 valence electrons. The highest BCUT2D eigenvalue weighted by atomic mass is 19.4. The van der Waals surface area contributed by atoms with Crippen LogP contribution in [0.25, 0.3) is 0 Å². The van der Waals surface area contributed by atoms with Gasteiger partial charge in [-0.2, -0.15) is 18.2 Å². The number of hydrogen-bond donors (Lipinski definition) is 2. The molecule has 1 atom stereocenters. The second kappa shape index (κ2) is 8.81. The van der Waals surface area contributed by atoms with Gasteiger partial charge in [-0.3, -0.25) is 0 Å². The molecule has 0 aliphatic carbocycles. The van der Waals surface area contributed by atoms with Gasteiger partial charge in [0, 0.05) is 17.6 Å². The molecular formula is C21H21F3N4O. The lowest BCUT2D eigenvalue weighted by atomic mass is 10.2. The number of nitrogens with zero attached hydrogens (tertiary/aromatic N) is 2. The van der Waals surface area contributed by atoms with E-state index >= 15 is 0 Å². The molecule has 0 saturated heterocycles. The minimum atomic E-state index is -4.59. The minimum absolute atomic E-state index is 0.0547. The normalized spacial score (nSPS) is 12.3. The van der Waals surface area contributed by atoms with E-state index in [0.29, 0.717) is 17.1 Å². The highest BCUT2D eigenvalue weighted by Crippen LogP contribution is 2.35. The number of halogens is 3. The number of para-hydroxylation sites is 1. The summed E-state index contributed by atoms with van der Waals surface area (Å²) in [7, 11) is 0. The maximum atomic E-state index is 13.4. The molecule has 0 aliphatic heterocycles. The van der Waals surface area contributed by atoms with Gasteiger partial charge in [0.25, 0.3) is 0 Å². The SMILES string of the molecule is CCC(C)Oc1ccc(Nc2nc(Nc3ccccc3)ncc2C(F)(F)F)cc1. The van der Waals surface area contributed by atoms with Crippen molar-refractivity contribution in [1.29, 1.82) is 0 Å². The van der Waals surface area contributed by atoms with Crippen molar-refractivity contribution >= 4 is 23.1 Å². The summed E-state index contributed by atoms with van der Waals surface area (Å²) < 4.78 is 45.9. The predicted molar refractivity (Wildman–Crippen MR) is 107 cm³/mol. The van der Waals surface area contributed by atoms with Crippen LogP contribution >= 0.6 is 0 Å². The molecule has 0 amide bonds. The van der Waals surface area contributed by atoms with Gasteiger partial charge in [0.05, 0.1) is 6.10 Å². The largest absolute Gasteiger partial charge is 0.491 e. The number of aromatic nitrogens is 2. The Balaban J connectivity index is 1.84. The Morgan fingerprint density at radius 3 is 2.24 bits per heavy atom. The Morgan fingerprint density at radius 1 is 0.966 bits per heavy atom. The molecule has 0 spiro atoms. The molecule has 3 aromatic rings. The van der Waals surface area contributed by atoms with E-state index in [1.165, 1.54) is 0 Å². The summed E-state index contributed by atoms with van der Waals surface area (Å²) in [5.41, 5.74) is 0.178. The standard InChI is InChI=1S/C21H21F3N4O/c1-3-14(2)29-17-11-9-16(10-12-17)26-19-18(21(22,23)24)13-25-20(28-19)27-15-7-5-4-6-8-15/h4-14H,3H2,1-2H3,(H2,25,26,27,28). The second-order valence-corrected chi connectivity index (χ2v) is 6.43. The van der Waals surface area contributed by atoms with Crippen molar-refractivity contribution in [2.75, 3.05) is 10.6 Å². The van der Waals surface area contributed by atoms with Crippen molar-refractivity contribution in [2.24, 2.45) is 0 Å². The fourth-order valence-corrected chi connectivity index (χ4v) is 2.46. The minimum Gasteiger partial charge on any atom is -0.491 e. The van der Waals surface area contributed by atoms with Gasteiger partial charge in [-0.25, -0.2) is 4.98 Å². The lowest BCUT2D eigenvalue weighted by Gasteiger charge is -2.16. The van der Waals surface area contributed by atoms with Gasteiger partial charge in [-0.15, -0.1) is 0 Å². The van der Waals surface area contributed by atoms with Crippen molar-refractivity contribution in [2.45, 2.75) is 32.5 Å². The summed E-state index contributed by atoms with van der Waals surface area (Å²) in [6.07, 6.45) is -2.92. The van der Waals surface area contributed by atoms with Gasteiger partial charge in [-0.1, -0.05) is 25.1 Å². The average molecular weight is 402 g/mol. The molecule has 2 aromatic carbocycles. The highest BCUT2D eigenvalue weighted by molar-refractivity contribution is 5.63. The average Bonchev–Trinajstić information content (AvgIpc) is 2.69. The summed E-state index contributed by atoms with van der Waals surface area (Å²) >= 11 is 0. The Hall–Kier alpha value is -3.29. The van der Waals surface area contributed by atoms with Crippen LogP contribution in [0, 0.1) is 0 Å². The van der Waals surface area contributed by atoms with Gasteiger partial charge >= 0.3 is 6.18 Å². The van der Waals surface area contributed by atoms with Gasteiger partial charge in [0.2, 0.25) is 5.95 Å². The van der Waals surface area contributed by atoms with E-state index < -0.39 is 11.7 Å². The summed E-state index contributed by atoms with van der Waals surface area (Å²) in [4.78, 5) is 7.83. The summed E-state index contributed by atoms with van der Waals surface area (Å²) in [6.45, 7) is 3.96. The molecule has 5 nitrogen and oxygen atoms in total. The lowest BCUT2D eigenvalue weighted by Crippen LogP contribution is -2.12. The topological polar surface area (TPSA) is 59.1 Å². The third-order valence-electron chi connectivity index (χ3n) is 4.15. The van der Waals surface area contributed by atoms with E-state index in [0.717, 1.165) is 12.6 Å². The van der Waals surface area contributed by atoms with Crippen LogP contribution in [0.5, 0.6) is 5.75 Å². The van der Waals surface area contributed by atoms with Crippen molar-refractivity contribution in [1.82, 2.24) is 9.97 Å². The van der Waals surface area contributed by atoms with E-state index in [4.69, 9.17) is 4.74 Å². The number of alkyl halides is 3. The maximum absolute atomic E-state index is 13.4. The second-order valence-electron chi connectivity index (χ2n) is 6.43. The Kier molecular flexibility index (Phi) is 6.21. The molecule has 3 rings (SSSR count). The van der Waals surface area contributed by atoms with Crippen LogP contribution in [0.15, 0.2) is 60.8 Å². The van der Waals surface area contributed by atoms with Gasteiger partial charge in [-0.05, 0) is 49.7 Å². The van der Waals surface area contributed by atoms with Crippen molar-refractivity contribution in [3.8, 4) is 5.75 Å². The van der Waals surface area contributed by atoms with Crippen LogP contribution in [-0.2, 0) is 6.18 Å². The summed E-state index contributed by atoms with van der Waals surface area (Å²) in [6, 6.07) is 15.7. The first-order chi connectivity index (χ1) is 13.8. The van der Waals surface area contributed by atoms with Crippen LogP contribution in [0.1, 0.15) is 25.8 Å². The number of benzene rings is 2. The van der Waals surface area contributed by atoms with Crippen LogP contribution in [-0.4, -0.2) is 16.1 Å². The number of nitrogens with one attached hydrogen (secondary N) is 2. The van der Waals surface area contributed by atoms with Crippen molar-refractivity contribution in [3.05, 3.63) is 66.4 Å². The zero-order chi connectivity index (χ0) is 20.9. The number of anilines is 4. The van der Waals surface area contributed by atoms with Gasteiger partial charge < -0.3 is 15.4 Å². The zero-order valence-corrected chi connectivity index (χ0v) is 16.0. The molecule has 0 bridgehead atoms. The van der Waals surface area contributed by atoms with Crippen LogP contribution in [0.3, 0.4) is 0 Å². The van der Waals surface area contributed by atoms with E-state index in [2.05, 4.69) is 20.6 Å². The quantitative estimate of drug-likeness (QED) is 0.496. The monoisotopic (exact) mass is 402 g/mol. The summed E-state index contributed by atoms with van der Waals surface area (Å²) in [5.74, 6) is 0.375. The maximum Gasteiger partial charge on any atom is 0.421 e. The third kappa shape index (κ3) is 5.60. The first-order valence-electron chi connectivity index (χ1n) is 9.15. The summed E-state index contributed by atoms with van der Waals surface area (Å²) in [5, 5.41) is 5.63. The van der Waals surface area contributed by atoms with E-state index in [-0.39, 0.29) is 17.9 Å². The highest BCUT2D eigenvalue weighted by Gasteiger charge is 2.35. The molecule has 1 aromatic heterocycles. The lowest BCUT2D eigenvalue weighted by molar-refractivity contribution is -0.137. The Morgan fingerprint density at radius 2 is 1.62 bits per heavy atom. The Labute approximate surface area is 167 Å². The molecule has 0 aliphatic rings. The smallest absolute Gasteiger partial charge is 0.421 e. The third-order valence-corrected chi connectivity index (χ3v) is 4.15. The van der Waals surface area contributed by atoms with Crippen LogP contribution in [0.2, 0.25) is 0 Å². The fourth-order valence-electron chi connectivity index (χ4n) is 2.46. The van der Waals surface area contributed by atoms with Crippen LogP contribution < -0.4 is 15.4 Å². The Bertz CT molecular complexity index is 931. The molecule has 1 heterocycles. The van der Waals surface area contributed by atoms with Crippen molar-refractivity contribution in [3.63, 3.8) is 0 Å². The first kappa shape index (κ1) is 20.4. The predicted octanol–water partition coefficient (Wildman–Crippen LogP) is 6.16. The fraction of sp³-hybridized carbons (Fsp3) is 0.238. The number of rotatable bonds is 7. The number of ether oxygens (including phenoxy) is 1. The molecule has 1 unspecified atom stereocenters. The van der Waals surface area contributed by atoms with E-state index in [1.807, 2.05) is 19.9 Å². The van der Waals surface area contributed by atoms with Crippen LogP contribution in [0.4, 0.5) is 36.3 Å². The van der Waals surface area contributed by atoms with Crippen molar-refractivity contribution < 1.29 is 17.9 Å². The molecule has 0 fully saturated rings. The molecular weight excluding hydrogens is 381 g/mol. The van der Waals surface area contributed by atoms with Gasteiger partial charge in [0.1, 0.15) is 17.1 Å². The molecule has 0 radical (unpaired) electrons. The van der Waals surface area contributed by atoms with E-state index in [1.54, 1.807) is 48.5 Å². The number of hydrogen-bond acceptors (Lipinski definition) is 5. The van der Waals surface area contributed by atoms with Gasteiger partial charge in [0.15, 0.2) is 0 Å². The zero-order valence-electron chi connectivity index (χ0n) is 16.0.